The molecule has 0 fully saturated rings. The van der Waals surface area contributed by atoms with Gasteiger partial charge in [-0.3, -0.25) is 0 Å². The number of rotatable bonds is 5. The maximum Gasteiger partial charge on any atom is 0.0526 e. The van der Waals surface area contributed by atoms with Gasteiger partial charge in [0.2, 0.25) is 0 Å². The Morgan fingerprint density at radius 2 is 1.79 bits per heavy atom. The summed E-state index contributed by atoms with van der Waals surface area (Å²) in [6.07, 6.45) is 12.0. The van der Waals surface area contributed by atoms with Crippen LogP contribution in [0.25, 0.3) is 0 Å². The normalized spacial score (nSPS) is 14.0. The Labute approximate surface area is 87.1 Å². The second kappa shape index (κ2) is 8.17. The molecule has 0 rings (SSSR count). The lowest BCUT2D eigenvalue weighted by Gasteiger charge is -2.05. The third-order valence-electron chi connectivity index (χ3n) is 1.74. The standard InChI is InChI=1S/C12H20N2/c1-5-6-7-8-9-11(2)12(14-4)10-13-3/h5-10,13-14H,1-4H3/b6-5+,8-7-,11-9+,12-10-. The third kappa shape index (κ3) is 5.25. The molecular weight excluding hydrogens is 172 g/mol. The van der Waals surface area contributed by atoms with Gasteiger partial charge in [-0.25, -0.2) is 0 Å². The van der Waals surface area contributed by atoms with Crippen LogP contribution in [-0.2, 0) is 0 Å². The van der Waals surface area contributed by atoms with E-state index in [0.717, 1.165) is 5.70 Å². The van der Waals surface area contributed by atoms with Gasteiger partial charge in [-0.2, -0.15) is 0 Å². The Kier molecular flexibility index (Phi) is 7.33. The van der Waals surface area contributed by atoms with E-state index in [0.29, 0.717) is 0 Å². The van der Waals surface area contributed by atoms with Gasteiger partial charge >= 0.3 is 0 Å². The Bertz CT molecular complexity index is 257. The molecule has 0 radical (unpaired) electrons. The van der Waals surface area contributed by atoms with Crippen molar-refractivity contribution < 1.29 is 0 Å². The quantitative estimate of drug-likeness (QED) is 0.653. The topological polar surface area (TPSA) is 24.1 Å². The first-order valence-corrected chi connectivity index (χ1v) is 4.78. The molecule has 0 heterocycles. The molecule has 0 atom stereocenters. The molecule has 0 amide bonds. The molecule has 0 saturated carbocycles. The van der Waals surface area contributed by atoms with Crippen LogP contribution in [0.1, 0.15) is 13.8 Å². The highest BCUT2D eigenvalue weighted by Crippen LogP contribution is 2.03. The van der Waals surface area contributed by atoms with Gasteiger partial charge in [0.15, 0.2) is 0 Å². The van der Waals surface area contributed by atoms with Gasteiger partial charge in [0.05, 0.1) is 5.70 Å². The maximum absolute atomic E-state index is 3.12. The zero-order valence-electron chi connectivity index (χ0n) is 9.46. The average molecular weight is 192 g/mol. The molecule has 0 spiro atoms. The van der Waals surface area contributed by atoms with Crippen molar-refractivity contribution in [3.05, 3.63) is 47.9 Å². The van der Waals surface area contributed by atoms with Gasteiger partial charge < -0.3 is 10.6 Å². The van der Waals surface area contributed by atoms with Gasteiger partial charge in [-0.05, 0) is 19.4 Å². The van der Waals surface area contributed by atoms with Gasteiger partial charge in [0, 0.05) is 20.3 Å². The SMILES string of the molecule is C/C=C/C=C\C=C(C)\C(=C\NC)NC. The predicted molar refractivity (Wildman–Crippen MR) is 63.9 cm³/mol. The Hall–Kier alpha value is -1.44. The van der Waals surface area contributed by atoms with Crippen LogP contribution >= 0.6 is 0 Å². The Balaban J connectivity index is 4.41. The summed E-state index contributed by atoms with van der Waals surface area (Å²) in [5.74, 6) is 0. The number of hydrogen-bond acceptors (Lipinski definition) is 2. The predicted octanol–water partition coefficient (Wildman–Crippen LogP) is 2.35. The first-order valence-electron chi connectivity index (χ1n) is 4.78. The summed E-state index contributed by atoms with van der Waals surface area (Å²) in [6.45, 7) is 4.07. The van der Waals surface area contributed by atoms with Crippen molar-refractivity contribution in [3.8, 4) is 0 Å². The van der Waals surface area contributed by atoms with Crippen molar-refractivity contribution in [1.29, 1.82) is 0 Å². The fraction of sp³-hybridized carbons (Fsp3) is 0.333. The van der Waals surface area contributed by atoms with Crippen molar-refractivity contribution in [2.75, 3.05) is 14.1 Å². The molecule has 0 saturated heterocycles. The van der Waals surface area contributed by atoms with E-state index in [9.17, 15) is 0 Å². The Morgan fingerprint density at radius 1 is 1.07 bits per heavy atom. The molecule has 0 aliphatic heterocycles. The van der Waals surface area contributed by atoms with Crippen molar-refractivity contribution >= 4 is 0 Å². The van der Waals surface area contributed by atoms with E-state index in [4.69, 9.17) is 0 Å². The van der Waals surface area contributed by atoms with Crippen molar-refractivity contribution in [2.45, 2.75) is 13.8 Å². The number of nitrogens with one attached hydrogen (secondary N) is 2. The molecule has 0 aromatic heterocycles. The Morgan fingerprint density at radius 3 is 2.29 bits per heavy atom. The van der Waals surface area contributed by atoms with E-state index in [-0.39, 0.29) is 0 Å². The minimum absolute atomic E-state index is 1.10. The number of hydrogen-bond donors (Lipinski definition) is 2. The maximum atomic E-state index is 3.12. The number of likely N-dealkylation sites (N-methyl/N-ethyl adjacent to an activating group) is 1. The molecule has 2 heteroatoms. The molecule has 0 bridgehead atoms. The first-order chi connectivity index (χ1) is 6.76. The van der Waals surface area contributed by atoms with Crippen LogP contribution in [0.2, 0.25) is 0 Å². The smallest absolute Gasteiger partial charge is 0.0526 e. The largest absolute Gasteiger partial charge is 0.392 e. The highest BCUT2D eigenvalue weighted by molar-refractivity contribution is 5.30. The average Bonchev–Trinajstić information content (AvgIpc) is 2.20. The lowest BCUT2D eigenvalue weighted by atomic mass is 10.2. The summed E-state index contributed by atoms with van der Waals surface area (Å²) in [6, 6.07) is 0. The first kappa shape index (κ1) is 12.6. The highest BCUT2D eigenvalue weighted by Gasteiger charge is 1.93. The van der Waals surface area contributed by atoms with E-state index in [1.165, 1.54) is 5.57 Å². The van der Waals surface area contributed by atoms with Crippen LogP contribution in [0.5, 0.6) is 0 Å². The van der Waals surface area contributed by atoms with Crippen LogP contribution in [0.3, 0.4) is 0 Å². The van der Waals surface area contributed by atoms with Gasteiger partial charge in [-0.1, -0.05) is 30.4 Å². The summed E-state index contributed by atoms with van der Waals surface area (Å²) in [5, 5.41) is 6.12. The summed E-state index contributed by atoms with van der Waals surface area (Å²) < 4.78 is 0. The molecule has 0 aromatic carbocycles. The lowest BCUT2D eigenvalue weighted by molar-refractivity contribution is 0.952. The fourth-order valence-electron chi connectivity index (χ4n) is 0.992. The molecule has 2 N–H and O–H groups in total. The summed E-state index contributed by atoms with van der Waals surface area (Å²) >= 11 is 0. The van der Waals surface area contributed by atoms with Crippen LogP contribution in [0, 0.1) is 0 Å². The van der Waals surface area contributed by atoms with Gasteiger partial charge in [0.1, 0.15) is 0 Å². The summed E-state index contributed by atoms with van der Waals surface area (Å²) in [5.41, 5.74) is 2.29. The monoisotopic (exact) mass is 192 g/mol. The fourth-order valence-corrected chi connectivity index (χ4v) is 0.992. The zero-order valence-corrected chi connectivity index (χ0v) is 9.46. The van der Waals surface area contributed by atoms with Crippen LogP contribution in [0.4, 0.5) is 0 Å². The second-order valence-electron chi connectivity index (χ2n) is 2.86. The van der Waals surface area contributed by atoms with Crippen LogP contribution in [0.15, 0.2) is 47.9 Å². The summed E-state index contributed by atoms with van der Waals surface area (Å²) in [4.78, 5) is 0. The van der Waals surface area contributed by atoms with E-state index in [2.05, 4.69) is 23.6 Å². The molecule has 0 aliphatic rings. The molecular formula is C12H20N2. The lowest BCUT2D eigenvalue weighted by Crippen LogP contribution is -2.10. The molecule has 2 nitrogen and oxygen atoms in total. The molecule has 0 aliphatic carbocycles. The van der Waals surface area contributed by atoms with Crippen molar-refractivity contribution in [2.24, 2.45) is 0 Å². The zero-order chi connectivity index (χ0) is 10.8. The summed E-state index contributed by atoms with van der Waals surface area (Å²) in [7, 11) is 3.80. The van der Waals surface area contributed by atoms with E-state index < -0.39 is 0 Å². The molecule has 0 unspecified atom stereocenters. The number of allylic oxidation sites excluding steroid dienone is 6. The third-order valence-corrected chi connectivity index (χ3v) is 1.74. The minimum Gasteiger partial charge on any atom is -0.392 e. The molecule has 14 heavy (non-hydrogen) atoms. The highest BCUT2D eigenvalue weighted by atomic mass is 14.9. The minimum atomic E-state index is 1.10. The van der Waals surface area contributed by atoms with E-state index in [1.54, 1.807) is 0 Å². The van der Waals surface area contributed by atoms with E-state index >= 15 is 0 Å². The van der Waals surface area contributed by atoms with Crippen LogP contribution < -0.4 is 10.6 Å². The van der Waals surface area contributed by atoms with E-state index in [1.807, 2.05) is 51.5 Å². The van der Waals surface area contributed by atoms with Crippen molar-refractivity contribution in [1.82, 2.24) is 10.6 Å². The van der Waals surface area contributed by atoms with Crippen molar-refractivity contribution in [3.63, 3.8) is 0 Å². The molecule has 0 aromatic rings. The molecule has 78 valence electrons. The van der Waals surface area contributed by atoms with Gasteiger partial charge in [0.25, 0.3) is 0 Å². The van der Waals surface area contributed by atoms with Crippen LogP contribution in [-0.4, -0.2) is 14.1 Å². The van der Waals surface area contributed by atoms with Gasteiger partial charge in [-0.15, -0.1) is 0 Å². The second-order valence-corrected chi connectivity index (χ2v) is 2.86.